The molecule has 1 saturated carbocycles. The van der Waals surface area contributed by atoms with Crippen LogP contribution in [0.4, 0.5) is 5.69 Å². The van der Waals surface area contributed by atoms with Gasteiger partial charge in [-0.1, -0.05) is 12.8 Å². The molecular weight excluding hydrogens is 244 g/mol. The molecule has 3 nitrogen and oxygen atoms in total. The van der Waals surface area contributed by atoms with Crippen molar-refractivity contribution in [2.24, 2.45) is 5.92 Å². The first-order valence-electron chi connectivity index (χ1n) is 6.45. The van der Waals surface area contributed by atoms with Crippen molar-refractivity contribution in [1.82, 2.24) is 5.32 Å². The number of nitrogens with one attached hydrogen (secondary N) is 1. The van der Waals surface area contributed by atoms with E-state index in [2.05, 4.69) is 5.32 Å². The Bertz CT molecular complexity index is 428. The molecule has 1 aromatic rings. The molecule has 3 N–H and O–H groups in total. The summed E-state index contributed by atoms with van der Waals surface area (Å²) in [4.78, 5) is 12.8. The summed E-state index contributed by atoms with van der Waals surface area (Å²) in [5.74, 6) is 1.85. The normalized spacial score (nSPS) is 15.8. The lowest BCUT2D eigenvalue weighted by atomic mass is 10.1. The van der Waals surface area contributed by atoms with E-state index < -0.39 is 0 Å². The fourth-order valence-corrected chi connectivity index (χ4v) is 3.65. The third-order valence-corrected chi connectivity index (χ3v) is 4.71. The Hall–Kier alpha value is -1.16. The predicted molar refractivity (Wildman–Crippen MR) is 76.9 cm³/mol. The molecule has 0 radical (unpaired) electrons. The van der Waals surface area contributed by atoms with E-state index in [1.54, 1.807) is 24.9 Å². The van der Waals surface area contributed by atoms with Crippen LogP contribution in [0.3, 0.4) is 0 Å². The van der Waals surface area contributed by atoms with E-state index in [0.29, 0.717) is 0 Å². The largest absolute Gasteiger partial charge is 0.399 e. The highest BCUT2D eigenvalue weighted by Crippen LogP contribution is 2.33. The topological polar surface area (TPSA) is 55.1 Å². The Kier molecular flexibility index (Phi) is 4.53. The molecule has 0 heterocycles. The van der Waals surface area contributed by atoms with Gasteiger partial charge in [0, 0.05) is 23.4 Å². The third kappa shape index (κ3) is 3.19. The van der Waals surface area contributed by atoms with Crippen LogP contribution in [-0.2, 0) is 0 Å². The summed E-state index contributed by atoms with van der Waals surface area (Å²) < 4.78 is 0. The number of thioether (sulfide) groups is 1. The molecular formula is C14H20N2OS. The Balaban J connectivity index is 2.08. The molecule has 2 rings (SSSR count). The standard InChI is InChI=1S/C14H20N2OS/c1-16-14(17)12-7-6-11(15)8-13(12)18-9-10-4-2-3-5-10/h6-8,10H,2-5,9,15H2,1H3,(H,16,17). The number of nitrogen functional groups attached to an aromatic ring is 1. The van der Waals surface area contributed by atoms with Crippen LogP contribution in [0.1, 0.15) is 36.0 Å². The molecule has 0 atom stereocenters. The molecule has 1 fully saturated rings. The van der Waals surface area contributed by atoms with E-state index >= 15 is 0 Å². The molecule has 0 unspecified atom stereocenters. The maximum atomic E-state index is 11.8. The fourth-order valence-electron chi connectivity index (χ4n) is 2.37. The first-order valence-corrected chi connectivity index (χ1v) is 7.43. The van der Waals surface area contributed by atoms with Crippen molar-refractivity contribution in [2.75, 3.05) is 18.5 Å². The molecule has 0 spiro atoms. The lowest BCUT2D eigenvalue weighted by molar-refractivity contribution is 0.0960. The van der Waals surface area contributed by atoms with Crippen molar-refractivity contribution in [2.45, 2.75) is 30.6 Å². The van der Waals surface area contributed by atoms with Crippen LogP contribution in [0.15, 0.2) is 23.1 Å². The van der Waals surface area contributed by atoms with Crippen LogP contribution < -0.4 is 11.1 Å². The SMILES string of the molecule is CNC(=O)c1ccc(N)cc1SCC1CCCC1. The molecule has 1 amide bonds. The van der Waals surface area contributed by atoms with Crippen LogP contribution in [0.2, 0.25) is 0 Å². The van der Waals surface area contributed by atoms with E-state index in [1.165, 1.54) is 25.7 Å². The van der Waals surface area contributed by atoms with Crippen molar-refractivity contribution in [3.63, 3.8) is 0 Å². The second kappa shape index (κ2) is 6.14. The Labute approximate surface area is 113 Å². The number of carbonyl (C=O) groups excluding carboxylic acids is 1. The van der Waals surface area contributed by atoms with Gasteiger partial charge >= 0.3 is 0 Å². The van der Waals surface area contributed by atoms with Gasteiger partial charge in [0.2, 0.25) is 0 Å². The number of benzene rings is 1. The van der Waals surface area contributed by atoms with Gasteiger partial charge < -0.3 is 11.1 Å². The lowest BCUT2D eigenvalue weighted by Gasteiger charge is -2.12. The minimum Gasteiger partial charge on any atom is -0.399 e. The van der Waals surface area contributed by atoms with Gasteiger partial charge in [0.05, 0.1) is 5.56 Å². The number of hydrogen-bond donors (Lipinski definition) is 2. The predicted octanol–water partition coefficient (Wildman–Crippen LogP) is 2.91. The Morgan fingerprint density at radius 2 is 2.17 bits per heavy atom. The third-order valence-electron chi connectivity index (χ3n) is 3.43. The van der Waals surface area contributed by atoms with Gasteiger partial charge in [0.15, 0.2) is 0 Å². The quantitative estimate of drug-likeness (QED) is 0.649. The van der Waals surface area contributed by atoms with Gasteiger partial charge in [-0.25, -0.2) is 0 Å². The van der Waals surface area contributed by atoms with Crippen LogP contribution in [-0.4, -0.2) is 18.7 Å². The Morgan fingerprint density at radius 1 is 1.44 bits per heavy atom. The molecule has 0 aliphatic heterocycles. The second-order valence-corrected chi connectivity index (χ2v) is 5.86. The van der Waals surface area contributed by atoms with Crippen LogP contribution in [0.25, 0.3) is 0 Å². The fraction of sp³-hybridized carbons (Fsp3) is 0.500. The maximum absolute atomic E-state index is 11.8. The van der Waals surface area contributed by atoms with Gasteiger partial charge in [-0.2, -0.15) is 0 Å². The molecule has 18 heavy (non-hydrogen) atoms. The van der Waals surface area contributed by atoms with Gasteiger partial charge in [-0.3, -0.25) is 4.79 Å². The molecule has 0 saturated heterocycles. The first kappa shape index (κ1) is 13.3. The van der Waals surface area contributed by atoms with E-state index in [4.69, 9.17) is 5.73 Å². The zero-order valence-corrected chi connectivity index (χ0v) is 11.6. The maximum Gasteiger partial charge on any atom is 0.252 e. The molecule has 1 aliphatic rings. The van der Waals surface area contributed by atoms with Crippen molar-refractivity contribution in [1.29, 1.82) is 0 Å². The summed E-state index contributed by atoms with van der Waals surface area (Å²) in [7, 11) is 1.66. The van der Waals surface area contributed by atoms with Gasteiger partial charge in [0.1, 0.15) is 0 Å². The molecule has 0 aromatic heterocycles. The van der Waals surface area contributed by atoms with E-state index in [0.717, 1.165) is 27.8 Å². The smallest absolute Gasteiger partial charge is 0.252 e. The van der Waals surface area contributed by atoms with Crippen LogP contribution >= 0.6 is 11.8 Å². The number of hydrogen-bond acceptors (Lipinski definition) is 3. The lowest BCUT2D eigenvalue weighted by Crippen LogP contribution is -2.18. The zero-order chi connectivity index (χ0) is 13.0. The summed E-state index contributed by atoms with van der Waals surface area (Å²) in [6.45, 7) is 0. The summed E-state index contributed by atoms with van der Waals surface area (Å²) in [6, 6.07) is 5.50. The Morgan fingerprint density at radius 3 is 2.83 bits per heavy atom. The van der Waals surface area contributed by atoms with E-state index in [9.17, 15) is 4.79 Å². The summed E-state index contributed by atoms with van der Waals surface area (Å²) in [6.07, 6.45) is 5.35. The van der Waals surface area contributed by atoms with Crippen molar-refractivity contribution >= 4 is 23.4 Å². The summed E-state index contributed by atoms with van der Waals surface area (Å²) in [5.41, 5.74) is 7.26. The van der Waals surface area contributed by atoms with Crippen LogP contribution in [0, 0.1) is 5.92 Å². The van der Waals surface area contributed by atoms with E-state index in [1.807, 2.05) is 12.1 Å². The minimum atomic E-state index is -0.0380. The molecule has 98 valence electrons. The highest BCUT2D eigenvalue weighted by atomic mass is 32.2. The number of amides is 1. The number of anilines is 1. The number of carbonyl (C=O) groups is 1. The van der Waals surface area contributed by atoms with Gasteiger partial charge in [-0.05, 0) is 37.0 Å². The molecule has 0 bridgehead atoms. The zero-order valence-electron chi connectivity index (χ0n) is 10.7. The number of nitrogens with two attached hydrogens (primary N) is 1. The van der Waals surface area contributed by atoms with Crippen molar-refractivity contribution < 1.29 is 4.79 Å². The summed E-state index contributed by atoms with van der Waals surface area (Å²) >= 11 is 1.76. The minimum absolute atomic E-state index is 0.0380. The average molecular weight is 264 g/mol. The van der Waals surface area contributed by atoms with Gasteiger partial charge in [-0.15, -0.1) is 11.8 Å². The molecule has 1 aliphatic carbocycles. The van der Waals surface area contributed by atoms with Crippen molar-refractivity contribution in [3.05, 3.63) is 23.8 Å². The second-order valence-electron chi connectivity index (χ2n) is 4.80. The highest BCUT2D eigenvalue weighted by Gasteiger charge is 2.17. The first-order chi connectivity index (χ1) is 8.70. The average Bonchev–Trinajstić information content (AvgIpc) is 2.88. The molecule has 1 aromatic carbocycles. The monoisotopic (exact) mass is 264 g/mol. The van der Waals surface area contributed by atoms with Gasteiger partial charge in [0.25, 0.3) is 5.91 Å². The van der Waals surface area contributed by atoms with Crippen molar-refractivity contribution in [3.8, 4) is 0 Å². The van der Waals surface area contributed by atoms with E-state index in [-0.39, 0.29) is 5.91 Å². The molecule has 4 heteroatoms. The van der Waals surface area contributed by atoms with Crippen LogP contribution in [0.5, 0.6) is 0 Å². The summed E-state index contributed by atoms with van der Waals surface area (Å²) in [5, 5.41) is 2.68. The highest BCUT2D eigenvalue weighted by molar-refractivity contribution is 7.99. The number of rotatable bonds is 4.